The van der Waals surface area contributed by atoms with E-state index < -0.39 is 0 Å². The minimum atomic E-state index is -0.00324. The van der Waals surface area contributed by atoms with Crippen molar-refractivity contribution in [3.8, 4) is 11.5 Å². The van der Waals surface area contributed by atoms with Crippen molar-refractivity contribution in [2.45, 2.75) is 26.7 Å². The number of unbranched alkanes of at least 4 members (excludes halogenated alkanes) is 1. The number of hydrogen-bond acceptors (Lipinski definition) is 4. The van der Waals surface area contributed by atoms with Gasteiger partial charge in [0.25, 0.3) is 0 Å². The zero-order chi connectivity index (χ0) is 16.7. The molecule has 0 aliphatic rings. The highest BCUT2D eigenvalue weighted by Crippen LogP contribution is 2.23. The van der Waals surface area contributed by atoms with Crippen LogP contribution in [0.15, 0.2) is 42.5 Å². The lowest BCUT2D eigenvalue weighted by Gasteiger charge is -2.10. The average molecular weight is 313 g/mol. The van der Waals surface area contributed by atoms with Crippen LogP contribution in [0.2, 0.25) is 0 Å². The van der Waals surface area contributed by atoms with Gasteiger partial charge < -0.3 is 15.2 Å². The van der Waals surface area contributed by atoms with Gasteiger partial charge in [0, 0.05) is 5.56 Å². The third-order valence-electron chi connectivity index (χ3n) is 3.50. The zero-order valence-electron chi connectivity index (χ0n) is 13.7. The molecule has 0 radical (unpaired) electrons. The molecule has 0 saturated carbocycles. The van der Waals surface area contributed by atoms with Crippen molar-refractivity contribution in [1.82, 2.24) is 0 Å². The molecule has 0 saturated heterocycles. The standard InChI is InChI=1S/C19H23NO3/c1-14-5-8-17(9-6-14)22-11-3-4-12-23-19-10-7-16(15(2)21)13-18(19)20/h5-10,13H,3-4,11-12,20H2,1-2H3. The molecule has 0 fully saturated rings. The van der Waals surface area contributed by atoms with Gasteiger partial charge in [0.15, 0.2) is 5.78 Å². The Hall–Kier alpha value is -2.49. The van der Waals surface area contributed by atoms with Crippen molar-refractivity contribution >= 4 is 11.5 Å². The van der Waals surface area contributed by atoms with E-state index >= 15 is 0 Å². The molecule has 0 amide bonds. The highest BCUT2D eigenvalue weighted by Gasteiger charge is 2.05. The lowest BCUT2D eigenvalue weighted by Crippen LogP contribution is -2.04. The lowest BCUT2D eigenvalue weighted by atomic mass is 10.1. The van der Waals surface area contributed by atoms with Crippen molar-refractivity contribution in [2.75, 3.05) is 18.9 Å². The summed E-state index contributed by atoms with van der Waals surface area (Å²) in [5, 5.41) is 0. The quantitative estimate of drug-likeness (QED) is 0.454. The summed E-state index contributed by atoms with van der Waals surface area (Å²) in [5.74, 6) is 1.51. The van der Waals surface area contributed by atoms with E-state index in [4.69, 9.17) is 15.2 Å². The molecule has 2 N–H and O–H groups in total. The van der Waals surface area contributed by atoms with E-state index in [9.17, 15) is 4.79 Å². The Bertz CT molecular complexity index is 650. The van der Waals surface area contributed by atoms with Gasteiger partial charge in [0.1, 0.15) is 11.5 Å². The summed E-state index contributed by atoms with van der Waals surface area (Å²) in [6.45, 7) is 4.80. The minimum Gasteiger partial charge on any atom is -0.494 e. The predicted octanol–water partition coefficient (Wildman–Crippen LogP) is 4.02. The van der Waals surface area contributed by atoms with Crippen LogP contribution in [0.1, 0.15) is 35.7 Å². The number of Topliss-reactive ketones (excluding diaryl/α,β-unsaturated/α-hetero) is 1. The van der Waals surface area contributed by atoms with E-state index in [1.54, 1.807) is 18.2 Å². The van der Waals surface area contributed by atoms with Crippen molar-refractivity contribution in [3.05, 3.63) is 53.6 Å². The molecule has 23 heavy (non-hydrogen) atoms. The number of hydrogen-bond donors (Lipinski definition) is 1. The number of benzene rings is 2. The smallest absolute Gasteiger partial charge is 0.159 e. The Morgan fingerprint density at radius 1 is 1.00 bits per heavy atom. The summed E-state index contributed by atoms with van der Waals surface area (Å²) in [7, 11) is 0. The first-order valence-electron chi connectivity index (χ1n) is 7.79. The van der Waals surface area contributed by atoms with Gasteiger partial charge in [-0.3, -0.25) is 4.79 Å². The topological polar surface area (TPSA) is 61.5 Å². The first-order chi connectivity index (χ1) is 11.1. The number of rotatable bonds is 8. The first-order valence-corrected chi connectivity index (χ1v) is 7.79. The van der Waals surface area contributed by atoms with E-state index in [2.05, 4.69) is 6.92 Å². The molecule has 4 nitrogen and oxygen atoms in total. The van der Waals surface area contributed by atoms with Crippen LogP contribution in [-0.2, 0) is 0 Å². The van der Waals surface area contributed by atoms with Crippen LogP contribution in [0.3, 0.4) is 0 Å². The second-order valence-electron chi connectivity index (χ2n) is 5.53. The van der Waals surface area contributed by atoms with Gasteiger partial charge in [-0.05, 0) is 57.0 Å². The van der Waals surface area contributed by atoms with Crippen LogP contribution in [0.4, 0.5) is 5.69 Å². The number of ether oxygens (including phenoxy) is 2. The zero-order valence-corrected chi connectivity index (χ0v) is 13.7. The van der Waals surface area contributed by atoms with Crippen molar-refractivity contribution in [3.63, 3.8) is 0 Å². The number of aryl methyl sites for hydroxylation is 1. The molecule has 2 rings (SSSR count). The fraction of sp³-hybridized carbons (Fsp3) is 0.316. The molecule has 0 aliphatic heterocycles. The van der Waals surface area contributed by atoms with Gasteiger partial charge in [-0.2, -0.15) is 0 Å². The van der Waals surface area contributed by atoms with E-state index in [1.807, 2.05) is 24.3 Å². The van der Waals surface area contributed by atoms with E-state index in [1.165, 1.54) is 12.5 Å². The van der Waals surface area contributed by atoms with Crippen molar-refractivity contribution in [1.29, 1.82) is 0 Å². The van der Waals surface area contributed by atoms with E-state index in [0.717, 1.165) is 18.6 Å². The molecular weight excluding hydrogens is 290 g/mol. The van der Waals surface area contributed by atoms with Gasteiger partial charge in [-0.15, -0.1) is 0 Å². The molecule has 2 aromatic rings. The second kappa shape index (κ2) is 8.22. The minimum absolute atomic E-state index is 0.00324. The van der Waals surface area contributed by atoms with Crippen LogP contribution >= 0.6 is 0 Å². The SMILES string of the molecule is CC(=O)c1ccc(OCCCCOc2ccc(C)cc2)c(N)c1. The third kappa shape index (κ3) is 5.33. The van der Waals surface area contributed by atoms with E-state index in [0.29, 0.717) is 30.2 Å². The Morgan fingerprint density at radius 3 is 2.26 bits per heavy atom. The maximum absolute atomic E-state index is 11.3. The molecule has 0 bridgehead atoms. The lowest BCUT2D eigenvalue weighted by molar-refractivity contribution is 0.101. The van der Waals surface area contributed by atoms with Crippen LogP contribution < -0.4 is 15.2 Å². The Morgan fingerprint density at radius 2 is 1.65 bits per heavy atom. The molecule has 4 heteroatoms. The second-order valence-corrected chi connectivity index (χ2v) is 5.53. The Balaban J connectivity index is 1.67. The summed E-state index contributed by atoms with van der Waals surface area (Å²) in [6, 6.07) is 13.1. The molecular formula is C19H23NO3. The number of carbonyl (C=O) groups excluding carboxylic acids is 1. The maximum atomic E-state index is 11.3. The fourth-order valence-corrected chi connectivity index (χ4v) is 2.11. The number of anilines is 1. The number of nitrogens with two attached hydrogens (primary N) is 1. The van der Waals surface area contributed by atoms with E-state index in [-0.39, 0.29) is 5.78 Å². The first kappa shape index (κ1) is 16.9. The highest BCUT2D eigenvalue weighted by atomic mass is 16.5. The Kier molecular flexibility index (Phi) is 6.03. The van der Waals surface area contributed by atoms with Gasteiger partial charge in [0.05, 0.1) is 18.9 Å². The third-order valence-corrected chi connectivity index (χ3v) is 3.50. The van der Waals surface area contributed by atoms with Crippen LogP contribution in [0, 0.1) is 6.92 Å². The summed E-state index contributed by atoms with van der Waals surface area (Å²) in [4.78, 5) is 11.3. The molecule has 0 unspecified atom stereocenters. The molecule has 0 spiro atoms. The normalized spacial score (nSPS) is 10.3. The molecule has 0 aliphatic carbocycles. The average Bonchev–Trinajstić information content (AvgIpc) is 2.53. The van der Waals surface area contributed by atoms with Crippen molar-refractivity contribution in [2.24, 2.45) is 0 Å². The van der Waals surface area contributed by atoms with Crippen LogP contribution in [-0.4, -0.2) is 19.0 Å². The monoisotopic (exact) mass is 313 g/mol. The summed E-state index contributed by atoms with van der Waals surface area (Å²) in [5.41, 5.74) is 8.20. The summed E-state index contributed by atoms with van der Waals surface area (Å²) in [6.07, 6.45) is 1.78. The summed E-state index contributed by atoms with van der Waals surface area (Å²) < 4.78 is 11.3. The number of ketones is 1. The largest absolute Gasteiger partial charge is 0.494 e. The number of nitrogen functional groups attached to an aromatic ring is 1. The fourth-order valence-electron chi connectivity index (χ4n) is 2.11. The Labute approximate surface area is 137 Å². The van der Waals surface area contributed by atoms with Gasteiger partial charge in [-0.1, -0.05) is 17.7 Å². The molecule has 2 aromatic carbocycles. The van der Waals surface area contributed by atoms with Crippen molar-refractivity contribution < 1.29 is 14.3 Å². The highest BCUT2D eigenvalue weighted by molar-refractivity contribution is 5.95. The van der Waals surface area contributed by atoms with Gasteiger partial charge >= 0.3 is 0 Å². The molecule has 0 atom stereocenters. The molecule has 0 heterocycles. The molecule has 122 valence electrons. The van der Waals surface area contributed by atoms with Crippen LogP contribution in [0.5, 0.6) is 11.5 Å². The number of carbonyl (C=O) groups is 1. The van der Waals surface area contributed by atoms with Gasteiger partial charge in [-0.25, -0.2) is 0 Å². The maximum Gasteiger partial charge on any atom is 0.159 e. The molecule has 0 aromatic heterocycles. The summed E-state index contributed by atoms with van der Waals surface area (Å²) >= 11 is 0. The van der Waals surface area contributed by atoms with Crippen LogP contribution in [0.25, 0.3) is 0 Å². The van der Waals surface area contributed by atoms with Gasteiger partial charge in [0.2, 0.25) is 0 Å². The predicted molar refractivity (Wildman–Crippen MR) is 92.3 cm³/mol.